The third-order valence-corrected chi connectivity index (χ3v) is 4.71. The smallest absolute Gasteiger partial charge is 0.255 e. The zero-order valence-corrected chi connectivity index (χ0v) is 16.8. The Kier molecular flexibility index (Phi) is 5.18. The molecule has 0 atom stereocenters. The number of halogens is 1. The van der Waals surface area contributed by atoms with Crippen molar-refractivity contribution in [3.05, 3.63) is 88.5 Å². The normalized spacial score (nSPS) is 10.9. The summed E-state index contributed by atoms with van der Waals surface area (Å²) in [5, 5.41) is 7.75. The first-order chi connectivity index (χ1) is 14.0. The van der Waals surface area contributed by atoms with Crippen LogP contribution in [-0.2, 0) is 6.54 Å². The lowest BCUT2D eigenvalue weighted by Gasteiger charge is -2.06. The Morgan fingerprint density at radius 2 is 1.83 bits per heavy atom. The molecule has 0 spiro atoms. The number of hydrogen-bond donors (Lipinski definition) is 1. The minimum atomic E-state index is -0.196. The number of rotatable bonds is 5. The summed E-state index contributed by atoms with van der Waals surface area (Å²) in [4.78, 5) is 16.9. The predicted octanol–water partition coefficient (Wildman–Crippen LogP) is 5.11. The van der Waals surface area contributed by atoms with E-state index in [1.807, 2.05) is 55.2 Å². The van der Waals surface area contributed by atoms with Gasteiger partial charge in [0.15, 0.2) is 0 Å². The molecule has 4 aromatic rings. The highest BCUT2D eigenvalue weighted by atomic mass is 35.5. The minimum absolute atomic E-state index is 0.196. The van der Waals surface area contributed by atoms with E-state index in [0.717, 1.165) is 22.6 Å². The lowest BCUT2D eigenvalue weighted by atomic mass is 10.2. The number of amides is 1. The molecule has 0 fully saturated rings. The summed E-state index contributed by atoms with van der Waals surface area (Å²) in [7, 11) is 0. The molecule has 0 saturated carbocycles. The van der Waals surface area contributed by atoms with E-state index >= 15 is 0 Å². The summed E-state index contributed by atoms with van der Waals surface area (Å²) in [5.41, 5.74) is 4.00. The van der Waals surface area contributed by atoms with Crippen molar-refractivity contribution in [2.45, 2.75) is 20.4 Å². The van der Waals surface area contributed by atoms with E-state index in [1.165, 1.54) is 0 Å². The van der Waals surface area contributed by atoms with E-state index < -0.39 is 0 Å². The van der Waals surface area contributed by atoms with Gasteiger partial charge < -0.3 is 9.73 Å². The standard InChI is InChI=1S/C22H19ClN4O2/c1-14-11-24-27(12-14)13-20-15(2)29-22(26-20)17-5-9-19(10-6-17)25-21(28)16-3-7-18(23)8-4-16/h3-12H,13H2,1-2H3,(H,25,28). The van der Waals surface area contributed by atoms with Gasteiger partial charge in [-0.2, -0.15) is 5.10 Å². The number of aromatic nitrogens is 3. The summed E-state index contributed by atoms with van der Waals surface area (Å²) in [6.45, 7) is 4.44. The highest BCUT2D eigenvalue weighted by molar-refractivity contribution is 6.30. The van der Waals surface area contributed by atoms with E-state index in [9.17, 15) is 4.79 Å². The van der Waals surface area contributed by atoms with Crippen LogP contribution >= 0.6 is 11.6 Å². The van der Waals surface area contributed by atoms with Crippen LogP contribution in [0.25, 0.3) is 11.5 Å². The molecule has 0 bridgehead atoms. The highest BCUT2D eigenvalue weighted by Gasteiger charge is 2.13. The lowest BCUT2D eigenvalue weighted by molar-refractivity contribution is 0.102. The van der Waals surface area contributed by atoms with Crippen LogP contribution in [0.15, 0.2) is 65.3 Å². The monoisotopic (exact) mass is 406 g/mol. The maximum atomic E-state index is 12.3. The Hall–Kier alpha value is -3.38. The molecule has 146 valence electrons. The Morgan fingerprint density at radius 1 is 1.10 bits per heavy atom. The van der Waals surface area contributed by atoms with Crippen molar-refractivity contribution in [3.63, 3.8) is 0 Å². The molecule has 0 aliphatic rings. The quantitative estimate of drug-likeness (QED) is 0.500. The van der Waals surface area contributed by atoms with Gasteiger partial charge in [0.25, 0.3) is 5.91 Å². The molecule has 7 heteroatoms. The molecule has 6 nitrogen and oxygen atoms in total. The summed E-state index contributed by atoms with van der Waals surface area (Å²) < 4.78 is 7.66. The number of anilines is 1. The average Bonchev–Trinajstić information content (AvgIpc) is 3.28. The summed E-state index contributed by atoms with van der Waals surface area (Å²) in [5.74, 6) is 1.10. The second-order valence-corrected chi connectivity index (χ2v) is 7.21. The molecule has 0 unspecified atom stereocenters. The molecule has 1 N–H and O–H groups in total. The zero-order valence-electron chi connectivity index (χ0n) is 16.0. The van der Waals surface area contributed by atoms with Crippen molar-refractivity contribution < 1.29 is 9.21 Å². The van der Waals surface area contributed by atoms with Crippen molar-refractivity contribution in [3.8, 4) is 11.5 Å². The Balaban J connectivity index is 1.47. The van der Waals surface area contributed by atoms with Gasteiger partial charge in [-0.3, -0.25) is 9.48 Å². The van der Waals surface area contributed by atoms with Crippen molar-refractivity contribution in [2.24, 2.45) is 0 Å². The number of aryl methyl sites for hydroxylation is 2. The fourth-order valence-electron chi connectivity index (χ4n) is 2.91. The molecule has 29 heavy (non-hydrogen) atoms. The Morgan fingerprint density at radius 3 is 2.48 bits per heavy atom. The summed E-state index contributed by atoms with van der Waals surface area (Å²) in [6.07, 6.45) is 3.78. The molecule has 0 aliphatic carbocycles. The second-order valence-electron chi connectivity index (χ2n) is 6.78. The molecule has 0 saturated heterocycles. The molecule has 0 aliphatic heterocycles. The van der Waals surface area contributed by atoms with Gasteiger partial charge in [0.05, 0.1) is 12.7 Å². The first kappa shape index (κ1) is 19.0. The molecule has 2 heterocycles. The molecule has 4 rings (SSSR count). The number of benzene rings is 2. The summed E-state index contributed by atoms with van der Waals surface area (Å²) in [6, 6.07) is 14.1. The number of nitrogens with one attached hydrogen (secondary N) is 1. The molecular weight excluding hydrogens is 388 g/mol. The van der Waals surface area contributed by atoms with Crippen LogP contribution in [0.3, 0.4) is 0 Å². The third-order valence-electron chi connectivity index (χ3n) is 4.46. The van der Waals surface area contributed by atoms with Gasteiger partial charge in [0.1, 0.15) is 11.5 Å². The largest absolute Gasteiger partial charge is 0.441 e. The fraction of sp³-hybridized carbons (Fsp3) is 0.136. The van der Waals surface area contributed by atoms with Crippen LogP contribution in [0, 0.1) is 13.8 Å². The van der Waals surface area contributed by atoms with Crippen LogP contribution < -0.4 is 5.32 Å². The van der Waals surface area contributed by atoms with Crippen LogP contribution in [0.4, 0.5) is 5.69 Å². The van der Waals surface area contributed by atoms with E-state index in [2.05, 4.69) is 15.4 Å². The topological polar surface area (TPSA) is 73.0 Å². The molecule has 2 aromatic heterocycles. The lowest BCUT2D eigenvalue weighted by Crippen LogP contribution is -2.11. The van der Waals surface area contributed by atoms with Gasteiger partial charge in [-0.15, -0.1) is 0 Å². The Labute approximate surface area is 173 Å². The second kappa shape index (κ2) is 7.93. The average molecular weight is 407 g/mol. The molecule has 1 amide bonds. The van der Waals surface area contributed by atoms with Crippen LogP contribution in [0.2, 0.25) is 5.02 Å². The predicted molar refractivity (Wildman–Crippen MR) is 112 cm³/mol. The van der Waals surface area contributed by atoms with Gasteiger partial charge in [0, 0.05) is 28.0 Å². The SMILES string of the molecule is Cc1cnn(Cc2nc(-c3ccc(NC(=O)c4ccc(Cl)cc4)cc3)oc2C)c1. The van der Waals surface area contributed by atoms with Crippen LogP contribution in [-0.4, -0.2) is 20.7 Å². The number of hydrogen-bond acceptors (Lipinski definition) is 4. The first-order valence-corrected chi connectivity index (χ1v) is 9.48. The van der Waals surface area contributed by atoms with Crippen molar-refractivity contribution in [1.29, 1.82) is 0 Å². The molecular formula is C22H19ClN4O2. The highest BCUT2D eigenvalue weighted by Crippen LogP contribution is 2.24. The maximum Gasteiger partial charge on any atom is 0.255 e. The van der Waals surface area contributed by atoms with E-state index in [4.69, 9.17) is 16.0 Å². The molecule has 0 radical (unpaired) electrons. The summed E-state index contributed by atoms with van der Waals surface area (Å²) >= 11 is 5.86. The fourth-order valence-corrected chi connectivity index (χ4v) is 3.03. The zero-order chi connectivity index (χ0) is 20.4. The Bertz CT molecular complexity index is 1140. The van der Waals surface area contributed by atoms with E-state index in [0.29, 0.717) is 28.7 Å². The van der Waals surface area contributed by atoms with Crippen LogP contribution in [0.1, 0.15) is 27.4 Å². The first-order valence-electron chi connectivity index (χ1n) is 9.10. The maximum absolute atomic E-state index is 12.3. The van der Waals surface area contributed by atoms with Crippen LogP contribution in [0.5, 0.6) is 0 Å². The number of carbonyl (C=O) groups excluding carboxylic acids is 1. The number of carbonyl (C=O) groups is 1. The van der Waals surface area contributed by atoms with Crippen molar-refractivity contribution >= 4 is 23.2 Å². The van der Waals surface area contributed by atoms with Crippen molar-refractivity contribution in [1.82, 2.24) is 14.8 Å². The number of oxazole rings is 1. The number of nitrogens with zero attached hydrogens (tertiary/aromatic N) is 3. The van der Waals surface area contributed by atoms with Gasteiger partial charge >= 0.3 is 0 Å². The molecule has 2 aromatic carbocycles. The van der Waals surface area contributed by atoms with Gasteiger partial charge in [-0.1, -0.05) is 11.6 Å². The van der Waals surface area contributed by atoms with E-state index in [-0.39, 0.29) is 5.91 Å². The van der Waals surface area contributed by atoms with Gasteiger partial charge in [-0.05, 0) is 67.9 Å². The van der Waals surface area contributed by atoms with Gasteiger partial charge in [0.2, 0.25) is 5.89 Å². The minimum Gasteiger partial charge on any atom is -0.441 e. The third kappa shape index (κ3) is 4.38. The van der Waals surface area contributed by atoms with E-state index in [1.54, 1.807) is 24.3 Å². The van der Waals surface area contributed by atoms with Gasteiger partial charge in [-0.25, -0.2) is 4.98 Å². The van der Waals surface area contributed by atoms with Crippen molar-refractivity contribution in [2.75, 3.05) is 5.32 Å².